The summed E-state index contributed by atoms with van der Waals surface area (Å²) in [5.41, 5.74) is 2.23. The van der Waals surface area contributed by atoms with Crippen molar-refractivity contribution in [3.05, 3.63) is 34.9 Å². The molecule has 0 aliphatic rings. The van der Waals surface area contributed by atoms with Gasteiger partial charge in [-0.1, -0.05) is 45.4 Å². The number of carbonyl (C=O) groups excluding carboxylic acids is 3. The second kappa shape index (κ2) is 12.8. The highest BCUT2D eigenvalue weighted by Crippen LogP contribution is 2.26. The van der Waals surface area contributed by atoms with Gasteiger partial charge in [0.15, 0.2) is 0 Å². The first kappa shape index (κ1) is 29.5. The summed E-state index contributed by atoms with van der Waals surface area (Å²) >= 11 is 0. The minimum absolute atomic E-state index is 0.0784. The number of hydrogen-bond acceptors (Lipinski definition) is 4. The van der Waals surface area contributed by atoms with Crippen LogP contribution >= 0.6 is 0 Å². The predicted molar refractivity (Wildman–Crippen MR) is 137 cm³/mol. The lowest BCUT2D eigenvalue weighted by molar-refractivity contribution is -0.143. The van der Waals surface area contributed by atoms with Crippen LogP contribution in [0.4, 0.5) is 4.79 Å². The molecule has 0 saturated heterocycles. The molecule has 3 unspecified atom stereocenters. The van der Waals surface area contributed by atoms with E-state index in [-0.39, 0.29) is 23.8 Å². The van der Waals surface area contributed by atoms with Gasteiger partial charge in [0.1, 0.15) is 17.7 Å². The summed E-state index contributed by atoms with van der Waals surface area (Å²) in [6.45, 7) is 19.4. The molecule has 0 radical (unpaired) electrons. The average molecular weight is 476 g/mol. The Hall–Kier alpha value is -2.57. The van der Waals surface area contributed by atoms with Gasteiger partial charge in [-0.05, 0) is 77.5 Å². The van der Waals surface area contributed by atoms with Crippen LogP contribution in [-0.2, 0) is 14.3 Å². The van der Waals surface area contributed by atoms with Crippen LogP contribution in [0.15, 0.2) is 18.2 Å². The molecule has 7 heteroatoms. The number of ether oxygens (including phenoxy) is 1. The van der Waals surface area contributed by atoms with E-state index >= 15 is 0 Å². The fraction of sp³-hybridized carbons (Fsp3) is 0.667. The molecule has 192 valence electrons. The first-order valence-electron chi connectivity index (χ1n) is 12.4. The molecule has 1 aromatic rings. The van der Waals surface area contributed by atoms with Crippen LogP contribution in [0, 0.1) is 19.8 Å². The number of alkyl carbamates (subject to hydrolysis) is 1. The van der Waals surface area contributed by atoms with Crippen molar-refractivity contribution in [3.63, 3.8) is 0 Å². The zero-order valence-corrected chi connectivity index (χ0v) is 22.7. The molecule has 7 nitrogen and oxygen atoms in total. The van der Waals surface area contributed by atoms with Crippen molar-refractivity contribution in [1.82, 2.24) is 15.5 Å². The maximum Gasteiger partial charge on any atom is 0.408 e. The molecule has 0 spiro atoms. The summed E-state index contributed by atoms with van der Waals surface area (Å²) in [7, 11) is 0. The molecule has 34 heavy (non-hydrogen) atoms. The SMILES string of the molecule is CCCN(C(=O)C(NC(=O)OC(C)(C)C)C(C)CC)C(C(=O)NC(C)C)c1ccc(C)c(C)c1. The van der Waals surface area contributed by atoms with Gasteiger partial charge in [0, 0.05) is 12.6 Å². The molecule has 0 aromatic heterocycles. The second-order valence-corrected chi connectivity index (χ2v) is 10.5. The van der Waals surface area contributed by atoms with Gasteiger partial charge in [0.2, 0.25) is 11.8 Å². The van der Waals surface area contributed by atoms with Gasteiger partial charge in [-0.2, -0.15) is 0 Å². The Morgan fingerprint density at radius 1 is 1.00 bits per heavy atom. The summed E-state index contributed by atoms with van der Waals surface area (Å²) in [6, 6.07) is 4.15. The van der Waals surface area contributed by atoms with Crippen LogP contribution in [0.5, 0.6) is 0 Å². The Balaban J connectivity index is 3.49. The van der Waals surface area contributed by atoms with E-state index in [0.717, 1.165) is 16.7 Å². The monoisotopic (exact) mass is 475 g/mol. The molecule has 1 aromatic carbocycles. The van der Waals surface area contributed by atoms with Crippen LogP contribution < -0.4 is 10.6 Å². The van der Waals surface area contributed by atoms with E-state index in [0.29, 0.717) is 19.4 Å². The first-order valence-corrected chi connectivity index (χ1v) is 12.4. The Bertz CT molecular complexity index is 845. The predicted octanol–water partition coefficient (Wildman–Crippen LogP) is 5.05. The van der Waals surface area contributed by atoms with Gasteiger partial charge in [0.25, 0.3) is 0 Å². The lowest BCUT2D eigenvalue weighted by atomic mass is 9.94. The highest BCUT2D eigenvalue weighted by molar-refractivity contribution is 5.92. The van der Waals surface area contributed by atoms with Crippen LogP contribution in [0.2, 0.25) is 0 Å². The molecule has 2 N–H and O–H groups in total. The summed E-state index contributed by atoms with van der Waals surface area (Å²) in [5, 5.41) is 5.76. The topological polar surface area (TPSA) is 87.7 Å². The number of amides is 3. The zero-order chi connectivity index (χ0) is 26.2. The summed E-state index contributed by atoms with van der Waals surface area (Å²) < 4.78 is 5.43. The Morgan fingerprint density at radius 3 is 2.09 bits per heavy atom. The number of nitrogens with zero attached hydrogens (tertiary/aromatic N) is 1. The maximum atomic E-state index is 14.0. The average Bonchev–Trinajstić information content (AvgIpc) is 2.71. The molecular weight excluding hydrogens is 430 g/mol. The third kappa shape index (κ3) is 8.65. The van der Waals surface area contributed by atoms with E-state index in [1.54, 1.807) is 25.7 Å². The fourth-order valence-electron chi connectivity index (χ4n) is 3.67. The van der Waals surface area contributed by atoms with Gasteiger partial charge in [0.05, 0.1) is 0 Å². The third-order valence-corrected chi connectivity index (χ3v) is 5.74. The van der Waals surface area contributed by atoms with Crippen molar-refractivity contribution < 1.29 is 19.1 Å². The fourth-order valence-corrected chi connectivity index (χ4v) is 3.67. The molecule has 0 saturated carbocycles. The molecule has 0 bridgehead atoms. The van der Waals surface area contributed by atoms with E-state index in [9.17, 15) is 14.4 Å². The number of carbonyl (C=O) groups is 3. The Labute approximate surface area is 206 Å². The van der Waals surface area contributed by atoms with Crippen LogP contribution in [-0.4, -0.2) is 47.0 Å². The minimum Gasteiger partial charge on any atom is -0.444 e. The number of benzene rings is 1. The van der Waals surface area contributed by atoms with Crippen molar-refractivity contribution >= 4 is 17.9 Å². The molecule has 0 aliphatic heterocycles. The van der Waals surface area contributed by atoms with E-state index < -0.39 is 23.8 Å². The molecule has 0 fully saturated rings. The van der Waals surface area contributed by atoms with Crippen LogP contribution in [0.25, 0.3) is 0 Å². The Morgan fingerprint density at radius 2 is 1.62 bits per heavy atom. The van der Waals surface area contributed by atoms with Crippen molar-refractivity contribution in [2.45, 2.75) is 106 Å². The number of rotatable bonds is 10. The van der Waals surface area contributed by atoms with Gasteiger partial charge in [-0.3, -0.25) is 9.59 Å². The van der Waals surface area contributed by atoms with Crippen LogP contribution in [0.1, 0.15) is 91.0 Å². The van der Waals surface area contributed by atoms with Crippen molar-refractivity contribution in [2.75, 3.05) is 6.54 Å². The van der Waals surface area contributed by atoms with Gasteiger partial charge in [-0.15, -0.1) is 0 Å². The highest BCUT2D eigenvalue weighted by Gasteiger charge is 2.38. The third-order valence-electron chi connectivity index (χ3n) is 5.74. The van der Waals surface area contributed by atoms with Gasteiger partial charge >= 0.3 is 6.09 Å². The van der Waals surface area contributed by atoms with Gasteiger partial charge < -0.3 is 20.3 Å². The lowest BCUT2D eigenvalue weighted by Crippen LogP contribution is -2.55. The maximum absolute atomic E-state index is 14.0. The van der Waals surface area contributed by atoms with Crippen molar-refractivity contribution in [1.29, 1.82) is 0 Å². The number of aryl methyl sites for hydroxylation is 2. The number of hydrogen-bond donors (Lipinski definition) is 2. The van der Waals surface area contributed by atoms with E-state index in [1.807, 2.05) is 66.7 Å². The van der Waals surface area contributed by atoms with Crippen molar-refractivity contribution in [2.24, 2.45) is 5.92 Å². The molecule has 3 atom stereocenters. The zero-order valence-electron chi connectivity index (χ0n) is 22.7. The van der Waals surface area contributed by atoms with Gasteiger partial charge in [-0.25, -0.2) is 4.79 Å². The summed E-state index contributed by atoms with van der Waals surface area (Å²) in [4.78, 5) is 41.6. The largest absolute Gasteiger partial charge is 0.444 e. The van der Waals surface area contributed by atoms with E-state index in [1.165, 1.54) is 0 Å². The minimum atomic E-state index is -0.813. The Kier molecular flexibility index (Phi) is 11.1. The molecular formula is C27H45N3O4. The molecule has 1 rings (SSSR count). The normalized spacial score (nSPS) is 14.2. The highest BCUT2D eigenvalue weighted by atomic mass is 16.6. The van der Waals surface area contributed by atoms with E-state index in [4.69, 9.17) is 4.74 Å². The molecule has 0 aliphatic carbocycles. The summed E-state index contributed by atoms with van der Waals surface area (Å²) in [5.74, 6) is -0.669. The standard InChI is InChI=1S/C27H45N3O4/c1-11-15-30(25(32)22(18(5)12-2)29-26(33)34-27(8,9)10)23(24(31)28-17(3)4)21-14-13-19(6)20(7)16-21/h13-14,16-18,22-23H,11-12,15H2,1-10H3,(H,28,31)(H,29,33). The van der Waals surface area contributed by atoms with Crippen LogP contribution in [0.3, 0.4) is 0 Å². The first-order chi connectivity index (χ1) is 15.7. The molecule has 3 amide bonds. The summed E-state index contributed by atoms with van der Waals surface area (Å²) in [6.07, 6.45) is 0.706. The molecule has 0 heterocycles. The second-order valence-electron chi connectivity index (χ2n) is 10.5. The smallest absolute Gasteiger partial charge is 0.408 e. The van der Waals surface area contributed by atoms with E-state index in [2.05, 4.69) is 10.6 Å². The van der Waals surface area contributed by atoms with Crippen molar-refractivity contribution in [3.8, 4) is 0 Å². The lowest BCUT2D eigenvalue weighted by Gasteiger charge is -2.36. The number of nitrogens with one attached hydrogen (secondary N) is 2. The quantitative estimate of drug-likeness (QED) is 0.496.